The Morgan fingerprint density at radius 2 is 2.04 bits per heavy atom. The first-order chi connectivity index (χ1) is 10.7. The van der Waals surface area contributed by atoms with E-state index in [4.69, 9.17) is 4.52 Å². The van der Waals surface area contributed by atoms with Crippen molar-refractivity contribution in [3.8, 4) is 0 Å². The number of sulfone groups is 1. The van der Waals surface area contributed by atoms with Crippen molar-refractivity contribution in [2.45, 2.75) is 37.5 Å². The van der Waals surface area contributed by atoms with Gasteiger partial charge in [-0.05, 0) is 39.0 Å². The average molecular weight is 340 g/mol. The third-order valence-corrected chi connectivity index (χ3v) is 5.39. The highest BCUT2D eigenvalue weighted by Gasteiger charge is 2.22. The predicted octanol–water partition coefficient (Wildman–Crippen LogP) is 2.23. The van der Waals surface area contributed by atoms with Gasteiger partial charge in [0.2, 0.25) is 0 Å². The van der Waals surface area contributed by atoms with Gasteiger partial charge in [-0.1, -0.05) is 5.16 Å². The van der Waals surface area contributed by atoms with Crippen LogP contribution >= 0.6 is 0 Å². The van der Waals surface area contributed by atoms with Crippen LogP contribution in [-0.2, 0) is 16.4 Å². The summed E-state index contributed by atoms with van der Waals surface area (Å²) in [4.78, 5) is 12.0. The van der Waals surface area contributed by atoms with Crippen molar-refractivity contribution >= 4 is 15.7 Å². The Hall–Kier alpha value is -2.22. The number of aromatic nitrogens is 1. The Kier molecular flexibility index (Phi) is 4.84. The van der Waals surface area contributed by atoms with Gasteiger partial charge in [-0.3, -0.25) is 4.79 Å². The summed E-state index contributed by atoms with van der Waals surface area (Å²) in [6, 6.07) is 4.82. The summed E-state index contributed by atoms with van der Waals surface area (Å²) in [6.07, 6.45) is 0. The second kappa shape index (κ2) is 6.49. The molecule has 1 aromatic carbocycles. The van der Waals surface area contributed by atoms with Crippen LogP contribution in [0.4, 0.5) is 4.39 Å². The lowest BCUT2D eigenvalue weighted by atomic mass is 10.2. The maximum absolute atomic E-state index is 13.8. The van der Waals surface area contributed by atoms with Gasteiger partial charge in [-0.2, -0.15) is 0 Å². The number of hydrogen-bond donors (Lipinski definition) is 1. The van der Waals surface area contributed by atoms with E-state index in [2.05, 4.69) is 10.5 Å². The summed E-state index contributed by atoms with van der Waals surface area (Å²) in [5, 5.41) is 5.52. The quantitative estimate of drug-likeness (QED) is 0.843. The van der Waals surface area contributed by atoms with E-state index in [1.807, 2.05) is 0 Å². The Bertz CT molecular complexity index is 828. The van der Waals surface area contributed by atoms with Crippen LogP contribution in [0, 0.1) is 12.7 Å². The van der Waals surface area contributed by atoms with E-state index < -0.39 is 26.8 Å². The Balaban J connectivity index is 2.23. The van der Waals surface area contributed by atoms with Crippen molar-refractivity contribution in [3.05, 3.63) is 47.1 Å². The zero-order valence-electron chi connectivity index (χ0n) is 13.0. The number of benzene rings is 1. The molecule has 0 fully saturated rings. The number of rotatable bonds is 5. The molecule has 2 aromatic rings. The molecule has 0 unspecified atom stereocenters. The van der Waals surface area contributed by atoms with Crippen molar-refractivity contribution in [2.24, 2.45) is 0 Å². The SMILES string of the molecule is Cc1cc(CNC(=O)c2cc(S(=O)(=O)C(C)C)ccc2F)no1. The fourth-order valence-electron chi connectivity index (χ4n) is 1.89. The third kappa shape index (κ3) is 3.76. The number of hydrogen-bond acceptors (Lipinski definition) is 5. The molecule has 1 N–H and O–H groups in total. The van der Waals surface area contributed by atoms with Crippen LogP contribution in [0.3, 0.4) is 0 Å². The monoisotopic (exact) mass is 340 g/mol. The summed E-state index contributed by atoms with van der Waals surface area (Å²) < 4.78 is 43.0. The van der Waals surface area contributed by atoms with Crippen LogP contribution in [0.2, 0.25) is 0 Å². The van der Waals surface area contributed by atoms with E-state index in [-0.39, 0.29) is 17.0 Å². The molecule has 0 bridgehead atoms. The molecular formula is C15H17FN2O4S. The van der Waals surface area contributed by atoms with Crippen molar-refractivity contribution in [3.63, 3.8) is 0 Å². The fourth-order valence-corrected chi connectivity index (χ4v) is 2.98. The van der Waals surface area contributed by atoms with E-state index >= 15 is 0 Å². The fraction of sp³-hybridized carbons (Fsp3) is 0.333. The molecule has 1 amide bonds. The van der Waals surface area contributed by atoms with Gasteiger partial charge in [0, 0.05) is 6.07 Å². The smallest absolute Gasteiger partial charge is 0.254 e. The van der Waals surface area contributed by atoms with E-state index in [1.54, 1.807) is 13.0 Å². The first kappa shape index (κ1) is 17.1. The summed E-state index contributed by atoms with van der Waals surface area (Å²) in [5.41, 5.74) is 0.161. The third-order valence-electron chi connectivity index (χ3n) is 3.24. The minimum Gasteiger partial charge on any atom is -0.361 e. The zero-order chi connectivity index (χ0) is 17.2. The van der Waals surface area contributed by atoms with Crippen LogP contribution in [0.25, 0.3) is 0 Å². The van der Waals surface area contributed by atoms with Gasteiger partial charge in [-0.15, -0.1) is 0 Å². The van der Waals surface area contributed by atoms with E-state index in [0.717, 1.165) is 18.2 Å². The molecule has 2 rings (SSSR count). The maximum atomic E-state index is 13.8. The topological polar surface area (TPSA) is 89.3 Å². The molecule has 0 saturated heterocycles. The lowest BCUT2D eigenvalue weighted by Gasteiger charge is -2.10. The van der Waals surface area contributed by atoms with Crippen LogP contribution in [-0.4, -0.2) is 24.7 Å². The van der Waals surface area contributed by atoms with Crippen LogP contribution in [0.5, 0.6) is 0 Å². The van der Waals surface area contributed by atoms with E-state index in [1.165, 1.54) is 13.8 Å². The van der Waals surface area contributed by atoms with Gasteiger partial charge >= 0.3 is 0 Å². The number of carbonyl (C=O) groups excluding carboxylic acids is 1. The number of nitrogens with zero attached hydrogens (tertiary/aromatic N) is 1. The molecule has 0 saturated carbocycles. The van der Waals surface area contributed by atoms with Crippen LogP contribution < -0.4 is 5.32 Å². The summed E-state index contributed by atoms with van der Waals surface area (Å²) in [7, 11) is -3.59. The number of halogens is 1. The van der Waals surface area contributed by atoms with Crippen molar-refractivity contribution < 1.29 is 22.1 Å². The minimum atomic E-state index is -3.59. The number of nitrogens with one attached hydrogen (secondary N) is 1. The molecule has 1 heterocycles. The lowest BCUT2D eigenvalue weighted by Crippen LogP contribution is -2.24. The Morgan fingerprint density at radius 3 is 2.61 bits per heavy atom. The molecule has 23 heavy (non-hydrogen) atoms. The molecule has 6 nitrogen and oxygen atoms in total. The van der Waals surface area contributed by atoms with Gasteiger partial charge in [0.15, 0.2) is 9.84 Å². The first-order valence-corrected chi connectivity index (χ1v) is 8.50. The maximum Gasteiger partial charge on any atom is 0.254 e. The van der Waals surface area contributed by atoms with Crippen molar-refractivity contribution in [1.29, 1.82) is 0 Å². The molecule has 0 spiro atoms. The van der Waals surface area contributed by atoms with E-state index in [9.17, 15) is 17.6 Å². The normalized spacial score (nSPS) is 11.7. The number of amides is 1. The highest BCUT2D eigenvalue weighted by molar-refractivity contribution is 7.92. The van der Waals surface area contributed by atoms with Crippen LogP contribution in [0.15, 0.2) is 33.7 Å². The van der Waals surface area contributed by atoms with Gasteiger partial charge in [0.1, 0.15) is 17.3 Å². The number of aryl methyl sites for hydroxylation is 1. The summed E-state index contributed by atoms with van der Waals surface area (Å²) in [6.45, 7) is 4.80. The van der Waals surface area contributed by atoms with Gasteiger partial charge in [0.05, 0.1) is 22.3 Å². The molecule has 0 aliphatic rings. The standard InChI is InChI=1S/C15H17FN2O4S/c1-9(2)23(20,21)12-4-5-14(16)13(7-12)15(19)17-8-11-6-10(3)22-18-11/h4-7,9H,8H2,1-3H3,(H,17,19). The van der Waals surface area contributed by atoms with Crippen LogP contribution in [0.1, 0.15) is 35.7 Å². The Morgan fingerprint density at radius 1 is 1.35 bits per heavy atom. The molecule has 0 radical (unpaired) electrons. The summed E-state index contributed by atoms with van der Waals surface area (Å²) in [5.74, 6) is -0.920. The van der Waals surface area contributed by atoms with Gasteiger partial charge < -0.3 is 9.84 Å². The molecule has 0 atom stereocenters. The predicted molar refractivity (Wildman–Crippen MR) is 81.1 cm³/mol. The molecule has 0 aliphatic heterocycles. The zero-order valence-corrected chi connectivity index (χ0v) is 13.8. The molecule has 124 valence electrons. The van der Waals surface area contributed by atoms with Gasteiger partial charge in [-0.25, -0.2) is 12.8 Å². The van der Waals surface area contributed by atoms with Gasteiger partial charge in [0.25, 0.3) is 5.91 Å². The molecule has 1 aromatic heterocycles. The molecule has 8 heteroatoms. The molecule has 0 aliphatic carbocycles. The number of carbonyl (C=O) groups is 1. The van der Waals surface area contributed by atoms with Crippen molar-refractivity contribution in [2.75, 3.05) is 0 Å². The second-order valence-corrected chi connectivity index (χ2v) is 7.85. The first-order valence-electron chi connectivity index (χ1n) is 6.95. The van der Waals surface area contributed by atoms with Crippen molar-refractivity contribution in [1.82, 2.24) is 10.5 Å². The second-order valence-electron chi connectivity index (χ2n) is 5.35. The highest BCUT2D eigenvalue weighted by Crippen LogP contribution is 2.19. The Labute approximate surface area is 133 Å². The average Bonchev–Trinajstić information content (AvgIpc) is 2.90. The lowest BCUT2D eigenvalue weighted by molar-refractivity contribution is 0.0946. The minimum absolute atomic E-state index is 0.0524. The molecular weight excluding hydrogens is 323 g/mol. The largest absolute Gasteiger partial charge is 0.361 e. The highest BCUT2D eigenvalue weighted by atomic mass is 32.2. The van der Waals surface area contributed by atoms with E-state index in [0.29, 0.717) is 11.5 Å². The summed E-state index contributed by atoms with van der Waals surface area (Å²) >= 11 is 0.